The number of hydrogen-bond acceptors (Lipinski definition) is 6. The van der Waals surface area contributed by atoms with Crippen LogP contribution in [0.1, 0.15) is 24.6 Å². The number of nitrogens with one attached hydrogen (secondary N) is 1. The fraction of sp³-hybridized carbons (Fsp3) is 0.583. The summed E-state index contributed by atoms with van der Waals surface area (Å²) in [5.74, 6) is -1.06. The van der Waals surface area contributed by atoms with Crippen LogP contribution in [0.2, 0.25) is 0 Å². The molecule has 0 aromatic carbocycles. The summed E-state index contributed by atoms with van der Waals surface area (Å²) >= 11 is 0. The van der Waals surface area contributed by atoms with Crippen molar-refractivity contribution >= 4 is 5.97 Å². The van der Waals surface area contributed by atoms with Gasteiger partial charge in [0.2, 0.25) is 0 Å². The van der Waals surface area contributed by atoms with Gasteiger partial charge >= 0.3 is 11.7 Å². The van der Waals surface area contributed by atoms with Crippen molar-refractivity contribution in [2.45, 2.75) is 37.7 Å². The second kappa shape index (κ2) is 6.20. The van der Waals surface area contributed by atoms with Crippen LogP contribution < -0.4 is 11.2 Å². The van der Waals surface area contributed by atoms with E-state index in [1.54, 1.807) is 0 Å². The molecule has 1 aromatic rings. The van der Waals surface area contributed by atoms with Crippen LogP contribution in [0.4, 0.5) is 0 Å². The molecule has 2 rings (SSSR count). The minimum absolute atomic E-state index is 0.0242. The van der Waals surface area contributed by atoms with Crippen molar-refractivity contribution in [1.82, 2.24) is 9.55 Å². The average Bonchev–Trinajstić information content (AvgIpc) is 2.78. The van der Waals surface area contributed by atoms with Gasteiger partial charge in [-0.05, 0) is 6.42 Å². The Kier molecular flexibility index (Phi) is 4.56. The Morgan fingerprint density at radius 3 is 2.76 bits per heavy atom. The van der Waals surface area contributed by atoms with E-state index in [0.717, 1.165) is 4.57 Å². The van der Waals surface area contributed by atoms with Crippen molar-refractivity contribution in [1.29, 1.82) is 0 Å². The van der Waals surface area contributed by atoms with Gasteiger partial charge in [0.1, 0.15) is 12.3 Å². The average molecular weight is 300 g/mol. The number of hydrogen-bond donors (Lipinski definition) is 4. The molecule has 0 radical (unpaired) electrons. The summed E-state index contributed by atoms with van der Waals surface area (Å²) in [6.07, 6.45) is -1.46. The molecule has 21 heavy (non-hydrogen) atoms. The van der Waals surface area contributed by atoms with Crippen LogP contribution in [-0.4, -0.2) is 49.7 Å². The summed E-state index contributed by atoms with van der Waals surface area (Å²) in [7, 11) is 0. The molecule has 0 saturated carbocycles. The molecule has 9 nitrogen and oxygen atoms in total. The third-order valence-corrected chi connectivity index (χ3v) is 3.34. The molecule has 0 spiro atoms. The predicted octanol–water partition coefficient (Wildman–Crippen LogP) is -1.81. The van der Waals surface area contributed by atoms with Gasteiger partial charge in [0.25, 0.3) is 5.56 Å². The number of H-pyrrole nitrogens is 1. The molecular formula is C12H16N2O7. The van der Waals surface area contributed by atoms with E-state index in [-0.39, 0.29) is 31.4 Å². The highest BCUT2D eigenvalue weighted by atomic mass is 16.5. The first kappa shape index (κ1) is 15.4. The topological polar surface area (TPSA) is 142 Å². The van der Waals surface area contributed by atoms with Crippen LogP contribution in [0.15, 0.2) is 15.8 Å². The van der Waals surface area contributed by atoms with Gasteiger partial charge in [-0.1, -0.05) is 0 Å². The molecule has 1 saturated heterocycles. The largest absolute Gasteiger partial charge is 0.481 e. The first-order valence-electron chi connectivity index (χ1n) is 6.43. The van der Waals surface area contributed by atoms with Crippen LogP contribution >= 0.6 is 0 Å². The zero-order valence-electron chi connectivity index (χ0n) is 11.1. The number of aromatic amines is 1. The maximum Gasteiger partial charge on any atom is 0.330 e. The van der Waals surface area contributed by atoms with Gasteiger partial charge in [0.05, 0.1) is 12.7 Å². The molecule has 3 atom stereocenters. The molecule has 1 fully saturated rings. The number of aryl methyl sites for hydroxylation is 1. The van der Waals surface area contributed by atoms with Crippen LogP contribution in [0.5, 0.6) is 0 Å². The Bertz CT molecular complexity index is 635. The number of aliphatic carboxylic acids is 1. The molecule has 4 N–H and O–H groups in total. The summed E-state index contributed by atoms with van der Waals surface area (Å²) in [5, 5.41) is 27.3. The standard InChI is InChI=1S/C12H16N2O7/c15-5-8-7(16)3-9(21-8)14-4-6(1-2-10(17)18)11(19)13-12(14)20/h4,7-9,15-16H,1-3,5H2,(H,17,18)(H,13,19,20)/t7-,8+,9+/m0/s1. The normalized spacial score (nSPS) is 25.1. The molecule has 9 heteroatoms. The summed E-state index contributed by atoms with van der Waals surface area (Å²) < 4.78 is 6.43. The van der Waals surface area contributed by atoms with Crippen molar-refractivity contribution in [3.05, 3.63) is 32.6 Å². The first-order valence-corrected chi connectivity index (χ1v) is 6.43. The van der Waals surface area contributed by atoms with Gasteiger partial charge in [-0.2, -0.15) is 0 Å². The minimum Gasteiger partial charge on any atom is -0.481 e. The van der Waals surface area contributed by atoms with E-state index in [2.05, 4.69) is 4.98 Å². The van der Waals surface area contributed by atoms with E-state index >= 15 is 0 Å². The van der Waals surface area contributed by atoms with Gasteiger partial charge in [-0.3, -0.25) is 19.1 Å². The van der Waals surface area contributed by atoms with Gasteiger partial charge in [-0.25, -0.2) is 4.79 Å². The van der Waals surface area contributed by atoms with Gasteiger partial charge in [0.15, 0.2) is 0 Å². The van der Waals surface area contributed by atoms with Crippen molar-refractivity contribution < 1.29 is 24.9 Å². The molecular weight excluding hydrogens is 284 g/mol. The predicted molar refractivity (Wildman–Crippen MR) is 68.9 cm³/mol. The Balaban J connectivity index is 2.28. The number of carboxylic acid groups (broad SMARTS) is 1. The third-order valence-electron chi connectivity index (χ3n) is 3.34. The third kappa shape index (κ3) is 3.38. The highest BCUT2D eigenvalue weighted by molar-refractivity contribution is 5.67. The molecule has 116 valence electrons. The van der Waals surface area contributed by atoms with Gasteiger partial charge < -0.3 is 20.1 Å². The SMILES string of the molecule is O=C(O)CCc1cn([C@H]2C[C@H](O)[C@@H](CO)O2)c(=O)[nH]c1=O. The summed E-state index contributed by atoms with van der Waals surface area (Å²) in [6, 6.07) is 0. The summed E-state index contributed by atoms with van der Waals surface area (Å²) in [5.41, 5.74) is -1.22. The summed E-state index contributed by atoms with van der Waals surface area (Å²) in [6.45, 7) is -0.387. The van der Waals surface area contributed by atoms with Crippen molar-refractivity contribution in [3.8, 4) is 0 Å². The second-order valence-electron chi connectivity index (χ2n) is 4.83. The minimum atomic E-state index is -1.06. The van der Waals surface area contributed by atoms with Crippen molar-refractivity contribution in [2.24, 2.45) is 0 Å². The zero-order chi connectivity index (χ0) is 15.6. The molecule has 0 amide bonds. The lowest BCUT2D eigenvalue weighted by Gasteiger charge is -2.15. The number of aliphatic hydroxyl groups excluding tert-OH is 2. The van der Waals surface area contributed by atoms with E-state index in [1.165, 1.54) is 6.20 Å². The molecule has 2 heterocycles. The van der Waals surface area contributed by atoms with E-state index in [9.17, 15) is 19.5 Å². The lowest BCUT2D eigenvalue weighted by molar-refractivity contribution is -0.136. The quantitative estimate of drug-likeness (QED) is 0.502. The van der Waals surface area contributed by atoms with Gasteiger partial charge in [-0.15, -0.1) is 0 Å². The van der Waals surface area contributed by atoms with Crippen molar-refractivity contribution in [3.63, 3.8) is 0 Å². The monoisotopic (exact) mass is 300 g/mol. The fourth-order valence-electron chi connectivity index (χ4n) is 2.21. The van der Waals surface area contributed by atoms with E-state index in [1.807, 2.05) is 0 Å². The number of aliphatic hydroxyl groups is 2. The lowest BCUT2D eigenvalue weighted by atomic mass is 10.2. The highest BCUT2D eigenvalue weighted by Gasteiger charge is 2.35. The molecule has 0 unspecified atom stereocenters. The second-order valence-corrected chi connectivity index (χ2v) is 4.83. The zero-order valence-corrected chi connectivity index (χ0v) is 11.1. The maximum absolute atomic E-state index is 11.8. The van der Waals surface area contributed by atoms with E-state index in [4.69, 9.17) is 14.9 Å². The first-order chi connectivity index (χ1) is 9.92. The number of aromatic nitrogens is 2. The Hall–Kier alpha value is -1.97. The Morgan fingerprint density at radius 1 is 1.48 bits per heavy atom. The van der Waals surface area contributed by atoms with E-state index in [0.29, 0.717) is 0 Å². The number of carboxylic acids is 1. The molecule has 0 aliphatic carbocycles. The Morgan fingerprint density at radius 2 is 2.19 bits per heavy atom. The van der Waals surface area contributed by atoms with Crippen LogP contribution in [-0.2, 0) is 16.0 Å². The molecule has 1 aromatic heterocycles. The summed E-state index contributed by atoms with van der Waals surface area (Å²) in [4.78, 5) is 36.0. The number of ether oxygens (including phenoxy) is 1. The maximum atomic E-state index is 11.8. The highest BCUT2D eigenvalue weighted by Crippen LogP contribution is 2.27. The smallest absolute Gasteiger partial charge is 0.330 e. The van der Waals surface area contributed by atoms with Gasteiger partial charge in [0, 0.05) is 24.6 Å². The molecule has 1 aliphatic heterocycles. The fourth-order valence-corrected chi connectivity index (χ4v) is 2.21. The molecule has 1 aliphatic rings. The van der Waals surface area contributed by atoms with E-state index < -0.39 is 35.7 Å². The number of rotatable bonds is 5. The lowest BCUT2D eigenvalue weighted by Crippen LogP contribution is -2.34. The van der Waals surface area contributed by atoms with Crippen LogP contribution in [0.25, 0.3) is 0 Å². The van der Waals surface area contributed by atoms with Crippen LogP contribution in [0.3, 0.4) is 0 Å². The molecule has 0 bridgehead atoms. The number of carbonyl (C=O) groups is 1. The van der Waals surface area contributed by atoms with Crippen LogP contribution in [0, 0.1) is 0 Å². The Labute approximate surface area is 118 Å². The van der Waals surface area contributed by atoms with Crippen molar-refractivity contribution in [2.75, 3.05) is 6.61 Å². The number of nitrogens with zero attached hydrogens (tertiary/aromatic N) is 1.